The molecule has 6 rings (SSSR count). The van der Waals surface area contributed by atoms with Gasteiger partial charge in [0.1, 0.15) is 0 Å². The van der Waals surface area contributed by atoms with Crippen LogP contribution in [-0.4, -0.2) is 41.5 Å². The van der Waals surface area contributed by atoms with Gasteiger partial charge < -0.3 is 10.2 Å². The Kier molecular flexibility index (Phi) is 4.86. The number of hydrogen-bond donors (Lipinski definition) is 2. The quantitative estimate of drug-likeness (QED) is 0.288. The zero-order valence-corrected chi connectivity index (χ0v) is 18.7. The van der Waals surface area contributed by atoms with Crippen LogP contribution in [0.4, 0.5) is 9.59 Å². The third-order valence-electron chi connectivity index (χ3n) is 6.01. The lowest BCUT2D eigenvalue weighted by molar-refractivity contribution is 0.197. The van der Waals surface area contributed by atoms with Gasteiger partial charge in [-0.3, -0.25) is 0 Å². The highest BCUT2D eigenvalue weighted by atomic mass is 16.4. The van der Waals surface area contributed by atoms with Crippen molar-refractivity contribution in [2.75, 3.05) is 0 Å². The summed E-state index contributed by atoms with van der Waals surface area (Å²) in [6, 6.07) is 21.5. The Morgan fingerprint density at radius 1 is 0.583 bits per heavy atom. The predicted octanol–water partition coefficient (Wildman–Crippen LogP) is 6.32. The normalized spacial score (nSPS) is 12.1. The van der Waals surface area contributed by atoms with Crippen molar-refractivity contribution >= 4 is 58.6 Å². The zero-order chi connectivity index (χ0) is 24.8. The lowest BCUT2D eigenvalue weighted by Crippen LogP contribution is -2.07. The Hall–Kier alpha value is -5.24. The molecule has 36 heavy (non-hydrogen) atoms. The molecule has 0 saturated carbocycles. The molecule has 8 heteroatoms. The van der Waals surface area contributed by atoms with Gasteiger partial charge in [0.2, 0.25) is 0 Å². The van der Waals surface area contributed by atoms with Crippen LogP contribution in [0.25, 0.3) is 57.5 Å². The average molecular weight is 474 g/mol. The highest BCUT2D eigenvalue weighted by Crippen LogP contribution is 2.30. The van der Waals surface area contributed by atoms with E-state index in [2.05, 4.69) is 9.97 Å². The molecule has 3 aromatic heterocycles. The molecular formula is C28H18N4O4. The zero-order valence-electron chi connectivity index (χ0n) is 18.7. The van der Waals surface area contributed by atoms with Gasteiger partial charge in [0.05, 0.1) is 44.8 Å². The van der Waals surface area contributed by atoms with Gasteiger partial charge in [-0.2, -0.15) is 0 Å². The van der Waals surface area contributed by atoms with E-state index in [-0.39, 0.29) is 0 Å². The maximum absolute atomic E-state index is 12.4. The minimum Gasteiger partial charge on any atom is -0.464 e. The molecule has 8 bridgehead atoms. The number of benzene rings is 1. The number of carboxylic acid groups (broad SMARTS) is 2. The van der Waals surface area contributed by atoms with Crippen molar-refractivity contribution in [2.24, 2.45) is 0 Å². The van der Waals surface area contributed by atoms with Gasteiger partial charge in [-0.05, 0) is 72.3 Å². The molecule has 8 nitrogen and oxygen atoms in total. The van der Waals surface area contributed by atoms with Gasteiger partial charge in [0, 0.05) is 5.56 Å². The summed E-state index contributed by atoms with van der Waals surface area (Å²) in [5, 5.41) is 20.0. The van der Waals surface area contributed by atoms with E-state index in [0.29, 0.717) is 44.8 Å². The van der Waals surface area contributed by atoms with Crippen molar-refractivity contribution in [3.8, 4) is 11.1 Å². The van der Waals surface area contributed by atoms with E-state index in [1.807, 2.05) is 36.4 Å². The van der Waals surface area contributed by atoms with Crippen LogP contribution in [0.3, 0.4) is 0 Å². The molecule has 0 spiro atoms. The van der Waals surface area contributed by atoms with Gasteiger partial charge in [0.25, 0.3) is 0 Å². The van der Waals surface area contributed by atoms with Gasteiger partial charge in [-0.25, -0.2) is 28.7 Å². The van der Waals surface area contributed by atoms with Crippen LogP contribution in [0.5, 0.6) is 0 Å². The lowest BCUT2D eigenvalue weighted by Gasteiger charge is -2.02. The monoisotopic (exact) mass is 474 g/mol. The number of fused-ring (bicyclic) bond motifs is 8. The first-order chi connectivity index (χ1) is 17.5. The van der Waals surface area contributed by atoms with Crippen molar-refractivity contribution in [3.63, 3.8) is 0 Å². The van der Waals surface area contributed by atoms with Crippen LogP contribution in [0, 0.1) is 0 Å². The van der Waals surface area contributed by atoms with E-state index < -0.39 is 12.2 Å². The molecule has 2 N–H and O–H groups in total. The molecule has 0 radical (unpaired) electrons. The van der Waals surface area contributed by atoms with E-state index in [0.717, 1.165) is 11.1 Å². The van der Waals surface area contributed by atoms with E-state index in [4.69, 9.17) is 0 Å². The molecule has 174 valence electrons. The summed E-state index contributed by atoms with van der Waals surface area (Å²) in [6.45, 7) is 0. The second-order valence-corrected chi connectivity index (χ2v) is 8.32. The first-order valence-corrected chi connectivity index (χ1v) is 11.1. The molecule has 0 amide bonds. The molecule has 5 heterocycles. The molecule has 2 aliphatic rings. The van der Waals surface area contributed by atoms with Gasteiger partial charge in [-0.15, -0.1) is 0 Å². The summed E-state index contributed by atoms with van der Waals surface area (Å²) in [5.74, 6) is 0. The first kappa shape index (κ1) is 21.3. The molecular weight excluding hydrogens is 456 g/mol. The molecule has 1 aromatic carbocycles. The third-order valence-corrected chi connectivity index (χ3v) is 6.01. The topological polar surface area (TPSA) is 110 Å². The molecule has 0 saturated heterocycles. The standard InChI is InChI=1S/C28H18N4O4/c33-27(34)31-22-10-11-23(31)13-19-8-9-21(30-19)15-26-25(17-4-2-1-3-5-17)16-24(32(26)28(35)36)14-20-7-6-18(12-22)29-20/h1-16H,(H,33,34)(H,35,36). The van der Waals surface area contributed by atoms with Crippen molar-refractivity contribution in [1.82, 2.24) is 19.1 Å². The lowest BCUT2D eigenvalue weighted by atomic mass is 10.1. The van der Waals surface area contributed by atoms with Crippen LogP contribution in [-0.2, 0) is 0 Å². The fourth-order valence-electron chi connectivity index (χ4n) is 4.48. The minimum atomic E-state index is -1.13. The number of aromatic nitrogens is 4. The summed E-state index contributed by atoms with van der Waals surface area (Å²) >= 11 is 0. The summed E-state index contributed by atoms with van der Waals surface area (Å²) in [5.41, 5.74) is 5.62. The summed E-state index contributed by atoms with van der Waals surface area (Å²) in [7, 11) is 0. The highest BCUT2D eigenvalue weighted by Gasteiger charge is 2.16. The number of hydrogen-bond acceptors (Lipinski definition) is 4. The van der Waals surface area contributed by atoms with Crippen molar-refractivity contribution in [1.29, 1.82) is 0 Å². The fourth-order valence-corrected chi connectivity index (χ4v) is 4.48. The van der Waals surface area contributed by atoms with Crippen molar-refractivity contribution < 1.29 is 19.8 Å². The van der Waals surface area contributed by atoms with E-state index in [1.54, 1.807) is 60.7 Å². The maximum Gasteiger partial charge on any atom is 0.416 e. The molecule has 4 aromatic rings. The number of rotatable bonds is 1. The summed E-state index contributed by atoms with van der Waals surface area (Å²) < 4.78 is 2.40. The SMILES string of the molecule is O=C(O)n1c2ccc1cc1nc(cc3c(-c4ccccc4)cc(cc4nc(c2)C=C4)n3C(=O)O)C=C1. The van der Waals surface area contributed by atoms with Crippen LogP contribution in [0.2, 0.25) is 0 Å². The maximum atomic E-state index is 12.4. The van der Waals surface area contributed by atoms with E-state index in [1.165, 1.54) is 9.13 Å². The van der Waals surface area contributed by atoms with Crippen molar-refractivity contribution in [2.45, 2.75) is 0 Å². The average Bonchev–Trinajstić information content (AvgIpc) is 3.63. The summed E-state index contributed by atoms with van der Waals surface area (Å²) in [6.07, 6.45) is 4.82. The highest BCUT2D eigenvalue weighted by molar-refractivity contribution is 5.96. The van der Waals surface area contributed by atoms with Crippen LogP contribution in [0.15, 0.2) is 72.8 Å². The molecule has 0 fully saturated rings. The number of nitrogens with zero attached hydrogens (tertiary/aromatic N) is 4. The predicted molar refractivity (Wildman–Crippen MR) is 138 cm³/mol. The third kappa shape index (κ3) is 3.67. The smallest absolute Gasteiger partial charge is 0.416 e. The minimum absolute atomic E-state index is 0.443. The molecule has 2 aliphatic heterocycles. The molecule has 0 unspecified atom stereocenters. The Labute approximate surface area is 204 Å². The Morgan fingerprint density at radius 3 is 1.61 bits per heavy atom. The van der Waals surface area contributed by atoms with Crippen LogP contribution < -0.4 is 0 Å². The Bertz CT molecular complexity index is 1790. The molecule has 0 atom stereocenters. The summed E-state index contributed by atoms with van der Waals surface area (Å²) in [4.78, 5) is 33.6. The van der Waals surface area contributed by atoms with Gasteiger partial charge in [0.15, 0.2) is 0 Å². The van der Waals surface area contributed by atoms with Gasteiger partial charge >= 0.3 is 12.2 Å². The van der Waals surface area contributed by atoms with E-state index >= 15 is 0 Å². The second-order valence-electron chi connectivity index (χ2n) is 8.32. The van der Waals surface area contributed by atoms with Gasteiger partial charge in [-0.1, -0.05) is 30.3 Å². The van der Waals surface area contributed by atoms with Crippen molar-refractivity contribution in [3.05, 3.63) is 95.6 Å². The Balaban J connectivity index is 1.78. The fraction of sp³-hybridized carbons (Fsp3) is 0. The largest absolute Gasteiger partial charge is 0.464 e. The Morgan fingerprint density at radius 2 is 1.08 bits per heavy atom. The van der Waals surface area contributed by atoms with E-state index in [9.17, 15) is 19.8 Å². The number of carbonyl (C=O) groups is 2. The van der Waals surface area contributed by atoms with Crippen LogP contribution >= 0.6 is 0 Å². The molecule has 0 aliphatic carbocycles. The second kappa shape index (κ2) is 8.21. The van der Waals surface area contributed by atoms with Crippen LogP contribution in [0.1, 0.15) is 22.8 Å². The first-order valence-electron chi connectivity index (χ1n) is 11.1.